The number of carbonyl (C=O) groups is 1. The predicted octanol–water partition coefficient (Wildman–Crippen LogP) is 5.01. The van der Waals surface area contributed by atoms with Crippen LogP contribution in [-0.2, 0) is 0 Å². The van der Waals surface area contributed by atoms with Crippen LogP contribution in [0.5, 0.6) is 5.75 Å². The standard InChI is InChI=1S/C20H17N3O4S/c1-13-19(18(24)12-5-14-3-10-17(27-2)11-4-14)28-20(21-13)22-15-6-8-16(9-7-15)23(25)26/h3-12H,1-2H3,(H,21,22)/b12-5-. The number of methoxy groups -OCH3 is 1. The van der Waals surface area contributed by atoms with Crippen LogP contribution in [0.1, 0.15) is 20.9 Å². The Labute approximate surface area is 165 Å². The fraction of sp³-hybridized carbons (Fsp3) is 0.100. The highest BCUT2D eigenvalue weighted by Crippen LogP contribution is 2.27. The molecule has 0 unspecified atom stereocenters. The summed E-state index contributed by atoms with van der Waals surface area (Å²) in [7, 11) is 1.60. The molecule has 0 aliphatic heterocycles. The minimum atomic E-state index is -0.455. The number of aromatic nitrogens is 1. The normalized spacial score (nSPS) is 10.8. The second-order valence-corrected chi connectivity index (χ2v) is 6.83. The van der Waals surface area contributed by atoms with Gasteiger partial charge in [-0.1, -0.05) is 29.5 Å². The molecule has 28 heavy (non-hydrogen) atoms. The number of carbonyl (C=O) groups excluding carboxylic acids is 1. The molecular formula is C20H17N3O4S. The number of non-ortho nitro benzene ring substituents is 1. The van der Waals surface area contributed by atoms with Gasteiger partial charge in [0.15, 0.2) is 10.9 Å². The molecule has 1 heterocycles. The molecule has 3 aromatic rings. The van der Waals surface area contributed by atoms with Gasteiger partial charge in [0, 0.05) is 17.8 Å². The van der Waals surface area contributed by atoms with Gasteiger partial charge in [0.2, 0.25) is 0 Å². The van der Waals surface area contributed by atoms with Crippen molar-refractivity contribution < 1.29 is 14.5 Å². The number of benzene rings is 2. The minimum Gasteiger partial charge on any atom is -0.497 e. The summed E-state index contributed by atoms with van der Waals surface area (Å²) in [4.78, 5) is 27.7. The van der Waals surface area contributed by atoms with Gasteiger partial charge in [-0.2, -0.15) is 0 Å². The van der Waals surface area contributed by atoms with E-state index in [0.29, 0.717) is 21.4 Å². The molecule has 0 saturated carbocycles. The van der Waals surface area contributed by atoms with Crippen molar-refractivity contribution in [1.82, 2.24) is 4.98 Å². The van der Waals surface area contributed by atoms with Gasteiger partial charge < -0.3 is 10.1 Å². The van der Waals surface area contributed by atoms with Crippen LogP contribution >= 0.6 is 11.3 Å². The maximum atomic E-state index is 12.5. The Morgan fingerprint density at radius 3 is 2.46 bits per heavy atom. The summed E-state index contributed by atoms with van der Waals surface area (Å²) in [5.74, 6) is 0.617. The summed E-state index contributed by atoms with van der Waals surface area (Å²) in [6.07, 6.45) is 3.25. The van der Waals surface area contributed by atoms with Crippen LogP contribution in [0.2, 0.25) is 0 Å². The van der Waals surface area contributed by atoms with Crippen LogP contribution in [0.3, 0.4) is 0 Å². The molecule has 0 spiro atoms. The highest BCUT2D eigenvalue weighted by atomic mass is 32.1. The Morgan fingerprint density at radius 2 is 1.86 bits per heavy atom. The molecule has 1 N–H and O–H groups in total. The maximum absolute atomic E-state index is 12.5. The van der Waals surface area contributed by atoms with Gasteiger partial charge in [-0.05, 0) is 42.8 Å². The zero-order valence-electron chi connectivity index (χ0n) is 15.2. The first-order valence-corrected chi connectivity index (χ1v) is 9.13. The topological polar surface area (TPSA) is 94.4 Å². The number of thiazole rings is 1. The van der Waals surface area contributed by atoms with E-state index in [-0.39, 0.29) is 11.5 Å². The fourth-order valence-corrected chi connectivity index (χ4v) is 3.34. The summed E-state index contributed by atoms with van der Waals surface area (Å²) >= 11 is 1.24. The molecule has 0 aliphatic carbocycles. The maximum Gasteiger partial charge on any atom is 0.269 e. The first-order valence-electron chi connectivity index (χ1n) is 8.31. The van der Waals surface area contributed by atoms with Crippen LogP contribution in [-0.4, -0.2) is 22.8 Å². The molecule has 7 nitrogen and oxygen atoms in total. The monoisotopic (exact) mass is 395 g/mol. The van der Waals surface area contributed by atoms with E-state index >= 15 is 0 Å². The Balaban J connectivity index is 1.70. The zero-order chi connectivity index (χ0) is 20.1. The Morgan fingerprint density at radius 1 is 1.18 bits per heavy atom. The zero-order valence-corrected chi connectivity index (χ0v) is 16.0. The van der Waals surface area contributed by atoms with Crippen LogP contribution < -0.4 is 10.1 Å². The van der Waals surface area contributed by atoms with Gasteiger partial charge in [-0.15, -0.1) is 0 Å². The van der Waals surface area contributed by atoms with Crippen molar-refractivity contribution in [3.05, 3.63) is 80.9 Å². The average molecular weight is 395 g/mol. The number of nitrogens with one attached hydrogen (secondary N) is 1. The molecule has 142 valence electrons. The van der Waals surface area contributed by atoms with Crippen LogP contribution in [0.25, 0.3) is 6.08 Å². The highest BCUT2D eigenvalue weighted by Gasteiger charge is 2.13. The van der Waals surface area contributed by atoms with Crippen molar-refractivity contribution >= 4 is 39.7 Å². The number of allylic oxidation sites excluding steroid dienone is 1. The summed E-state index contributed by atoms with van der Waals surface area (Å²) in [6, 6.07) is 13.4. The van der Waals surface area contributed by atoms with Gasteiger partial charge >= 0.3 is 0 Å². The number of nitrogens with zero attached hydrogens (tertiary/aromatic N) is 2. The third-order valence-electron chi connectivity index (χ3n) is 3.89. The molecule has 0 radical (unpaired) electrons. The van der Waals surface area contributed by atoms with Crippen molar-refractivity contribution in [3.8, 4) is 5.75 Å². The molecule has 1 aromatic heterocycles. The molecule has 0 aliphatic rings. The van der Waals surface area contributed by atoms with Crippen molar-refractivity contribution in [1.29, 1.82) is 0 Å². The number of aryl methyl sites for hydroxylation is 1. The van der Waals surface area contributed by atoms with Gasteiger partial charge in [0.05, 0.1) is 22.6 Å². The molecule has 0 fully saturated rings. The molecule has 0 atom stereocenters. The lowest BCUT2D eigenvalue weighted by molar-refractivity contribution is -0.384. The third-order valence-corrected chi connectivity index (χ3v) is 4.98. The van der Waals surface area contributed by atoms with Gasteiger partial charge in [0.25, 0.3) is 5.69 Å². The van der Waals surface area contributed by atoms with E-state index in [4.69, 9.17) is 4.74 Å². The molecule has 0 amide bonds. The fourth-order valence-electron chi connectivity index (χ4n) is 2.43. The van der Waals surface area contributed by atoms with Gasteiger partial charge in [0.1, 0.15) is 5.75 Å². The number of anilines is 2. The van der Waals surface area contributed by atoms with E-state index in [2.05, 4.69) is 10.3 Å². The lowest BCUT2D eigenvalue weighted by atomic mass is 10.1. The average Bonchev–Trinajstić information content (AvgIpc) is 3.07. The van der Waals surface area contributed by atoms with Crippen LogP contribution in [0.4, 0.5) is 16.5 Å². The van der Waals surface area contributed by atoms with E-state index in [9.17, 15) is 14.9 Å². The number of ketones is 1. The molecule has 3 rings (SSSR count). The minimum absolute atomic E-state index is 0.0143. The van der Waals surface area contributed by atoms with E-state index in [0.717, 1.165) is 11.3 Å². The number of rotatable bonds is 7. The Bertz CT molecular complexity index is 1020. The highest BCUT2D eigenvalue weighted by molar-refractivity contribution is 7.17. The van der Waals surface area contributed by atoms with Crippen LogP contribution in [0.15, 0.2) is 54.6 Å². The van der Waals surface area contributed by atoms with E-state index in [1.54, 1.807) is 32.2 Å². The molecule has 8 heteroatoms. The smallest absolute Gasteiger partial charge is 0.269 e. The summed E-state index contributed by atoms with van der Waals surface area (Å²) in [6.45, 7) is 1.77. The van der Waals surface area contributed by atoms with Crippen molar-refractivity contribution in [2.75, 3.05) is 12.4 Å². The SMILES string of the molecule is COc1ccc(/C=C\C(=O)c2sc(Nc3ccc([N+](=O)[O-])cc3)nc2C)cc1. The second kappa shape index (κ2) is 8.45. The van der Waals surface area contributed by atoms with E-state index in [1.807, 2.05) is 24.3 Å². The molecule has 2 aromatic carbocycles. The summed E-state index contributed by atoms with van der Waals surface area (Å²) < 4.78 is 5.11. The van der Waals surface area contributed by atoms with Crippen molar-refractivity contribution in [2.24, 2.45) is 0 Å². The van der Waals surface area contributed by atoms with Crippen molar-refractivity contribution in [3.63, 3.8) is 0 Å². The molecular weight excluding hydrogens is 378 g/mol. The van der Waals surface area contributed by atoms with Crippen LogP contribution in [0, 0.1) is 17.0 Å². The first-order chi connectivity index (χ1) is 13.5. The molecule has 0 saturated heterocycles. The summed E-state index contributed by atoms with van der Waals surface area (Å²) in [5.41, 5.74) is 2.19. The van der Waals surface area contributed by atoms with Gasteiger partial charge in [-0.3, -0.25) is 14.9 Å². The predicted molar refractivity (Wildman–Crippen MR) is 110 cm³/mol. The summed E-state index contributed by atoms with van der Waals surface area (Å²) in [5, 5.41) is 14.3. The quantitative estimate of drug-likeness (QED) is 0.262. The van der Waals surface area contributed by atoms with E-state index < -0.39 is 4.92 Å². The van der Waals surface area contributed by atoms with Gasteiger partial charge in [-0.25, -0.2) is 4.98 Å². The number of ether oxygens (including phenoxy) is 1. The number of nitro groups is 1. The lowest BCUT2D eigenvalue weighted by Crippen LogP contribution is -1.93. The third kappa shape index (κ3) is 4.60. The number of hydrogen-bond acceptors (Lipinski definition) is 7. The largest absolute Gasteiger partial charge is 0.497 e. The number of nitro benzene ring substituents is 1. The Hall–Kier alpha value is -3.52. The number of hydrogen-bond donors (Lipinski definition) is 1. The molecule has 0 bridgehead atoms. The lowest BCUT2D eigenvalue weighted by Gasteiger charge is -2.01. The Kier molecular flexibility index (Phi) is 5.81. The first kappa shape index (κ1) is 19.2. The second-order valence-electron chi connectivity index (χ2n) is 5.83. The van der Waals surface area contributed by atoms with E-state index in [1.165, 1.54) is 29.5 Å². The van der Waals surface area contributed by atoms with Crippen molar-refractivity contribution in [2.45, 2.75) is 6.92 Å².